The van der Waals surface area contributed by atoms with Crippen molar-refractivity contribution in [3.63, 3.8) is 0 Å². The van der Waals surface area contributed by atoms with Crippen molar-refractivity contribution in [3.8, 4) is 6.07 Å². The summed E-state index contributed by atoms with van der Waals surface area (Å²) in [6, 6.07) is 33.9. The van der Waals surface area contributed by atoms with Crippen LogP contribution < -0.4 is 15.6 Å². The smallest absolute Gasteiger partial charge is 0.380 e. The summed E-state index contributed by atoms with van der Waals surface area (Å²) in [5.41, 5.74) is 1.000. The molecule has 2 unspecified atom stereocenters. The van der Waals surface area contributed by atoms with Crippen LogP contribution in [0.5, 0.6) is 0 Å². The van der Waals surface area contributed by atoms with Gasteiger partial charge in [-0.2, -0.15) is 5.26 Å². The first kappa shape index (κ1) is 21.1. The van der Waals surface area contributed by atoms with Gasteiger partial charge in [0, 0.05) is 11.8 Å². The Balaban J connectivity index is 1.80. The van der Waals surface area contributed by atoms with Crippen LogP contribution in [0.2, 0.25) is 0 Å². The van der Waals surface area contributed by atoms with Crippen molar-refractivity contribution < 1.29 is 4.53 Å². The molecule has 0 bridgehead atoms. The lowest BCUT2D eigenvalue weighted by Gasteiger charge is -2.31. The third-order valence-electron chi connectivity index (χ3n) is 6.32. The Morgan fingerprint density at radius 3 is 1.77 bits per heavy atom. The summed E-state index contributed by atoms with van der Waals surface area (Å²) in [4.78, 5) is 0. The van der Waals surface area contributed by atoms with Gasteiger partial charge in [0.05, 0.1) is 11.8 Å². The van der Waals surface area contributed by atoms with Crippen molar-refractivity contribution in [2.75, 3.05) is 0 Å². The maximum atomic E-state index is 9.38. The SMILES string of the molecule is C/C(=N\O[Si](c1ccccc1)(c1ccccc1)c1ccccc1)C1CCCC(C#N)C1. The largest absolute Gasteiger partial charge is 0.438 e. The maximum Gasteiger partial charge on any atom is 0.380 e. The molecule has 0 aromatic heterocycles. The van der Waals surface area contributed by atoms with E-state index in [2.05, 4.69) is 85.8 Å². The predicted octanol–water partition coefficient (Wildman–Crippen LogP) is 4.38. The van der Waals surface area contributed by atoms with Crippen molar-refractivity contribution in [3.05, 3.63) is 91.0 Å². The molecule has 4 rings (SSSR count). The molecule has 31 heavy (non-hydrogen) atoms. The molecule has 1 saturated carbocycles. The lowest BCUT2D eigenvalue weighted by atomic mass is 9.80. The summed E-state index contributed by atoms with van der Waals surface area (Å²) in [7, 11) is -2.83. The minimum Gasteiger partial charge on any atom is -0.438 e. The average Bonchev–Trinajstić information content (AvgIpc) is 2.86. The second kappa shape index (κ2) is 9.76. The molecule has 2 atom stereocenters. The van der Waals surface area contributed by atoms with Gasteiger partial charge in [-0.25, -0.2) is 0 Å². The number of nitriles is 1. The van der Waals surface area contributed by atoms with E-state index < -0.39 is 8.32 Å². The summed E-state index contributed by atoms with van der Waals surface area (Å²) in [6.07, 6.45) is 4.03. The van der Waals surface area contributed by atoms with Crippen LogP contribution >= 0.6 is 0 Å². The van der Waals surface area contributed by atoms with E-state index in [9.17, 15) is 5.26 Å². The molecule has 1 fully saturated rings. The van der Waals surface area contributed by atoms with Gasteiger partial charge in [-0.05, 0) is 41.7 Å². The van der Waals surface area contributed by atoms with E-state index in [0.29, 0.717) is 5.92 Å². The molecule has 0 aliphatic heterocycles. The highest BCUT2D eigenvalue weighted by atomic mass is 28.4. The zero-order valence-electron chi connectivity index (χ0n) is 17.9. The first-order chi connectivity index (χ1) is 15.2. The molecule has 4 heteroatoms. The maximum absolute atomic E-state index is 9.38. The molecule has 0 N–H and O–H groups in total. The average molecular weight is 425 g/mol. The third-order valence-corrected chi connectivity index (χ3v) is 10.1. The second-order valence-corrected chi connectivity index (χ2v) is 11.6. The molecule has 0 amide bonds. The summed E-state index contributed by atoms with van der Waals surface area (Å²) in [5, 5.41) is 17.7. The van der Waals surface area contributed by atoms with Gasteiger partial charge in [-0.15, -0.1) is 5.16 Å². The molecule has 3 nitrogen and oxygen atoms in total. The van der Waals surface area contributed by atoms with Crippen molar-refractivity contribution in [1.82, 2.24) is 0 Å². The minimum atomic E-state index is -2.83. The van der Waals surface area contributed by atoms with Crippen LogP contribution in [-0.4, -0.2) is 14.0 Å². The zero-order valence-corrected chi connectivity index (χ0v) is 18.9. The molecule has 0 heterocycles. The molecule has 1 aliphatic carbocycles. The fourth-order valence-electron chi connectivity index (χ4n) is 4.58. The molecule has 0 radical (unpaired) electrons. The summed E-state index contributed by atoms with van der Waals surface area (Å²) in [5.74, 6) is 0.440. The summed E-state index contributed by atoms with van der Waals surface area (Å²) in [6.45, 7) is 2.06. The minimum absolute atomic E-state index is 0.128. The highest BCUT2D eigenvalue weighted by Gasteiger charge is 2.45. The Labute approximate surface area is 186 Å². The van der Waals surface area contributed by atoms with E-state index >= 15 is 0 Å². The van der Waals surface area contributed by atoms with E-state index in [1.807, 2.05) is 18.2 Å². The number of benzene rings is 3. The van der Waals surface area contributed by atoms with Crippen LogP contribution in [0, 0.1) is 23.2 Å². The summed E-state index contributed by atoms with van der Waals surface area (Å²) >= 11 is 0. The topological polar surface area (TPSA) is 45.4 Å². The number of hydrogen-bond acceptors (Lipinski definition) is 3. The van der Waals surface area contributed by atoms with Gasteiger partial charge in [-0.1, -0.05) is 97.4 Å². The Hall–Kier alpha value is -3.16. The van der Waals surface area contributed by atoms with Crippen LogP contribution in [0.4, 0.5) is 0 Å². The number of rotatable bonds is 6. The van der Waals surface area contributed by atoms with Crippen molar-refractivity contribution in [1.29, 1.82) is 5.26 Å². The Morgan fingerprint density at radius 2 is 1.32 bits per heavy atom. The predicted molar refractivity (Wildman–Crippen MR) is 129 cm³/mol. The third kappa shape index (κ3) is 4.47. The quantitative estimate of drug-likeness (QED) is 0.255. The molecule has 3 aromatic carbocycles. The van der Waals surface area contributed by atoms with E-state index in [-0.39, 0.29) is 5.92 Å². The van der Waals surface area contributed by atoms with E-state index in [0.717, 1.165) is 31.4 Å². The van der Waals surface area contributed by atoms with Crippen molar-refractivity contribution in [2.45, 2.75) is 32.6 Å². The standard InChI is InChI=1S/C27H28N2OSi/c1-22(24-13-11-12-23(20-24)21-28)29-30-31(25-14-5-2-6-15-25,26-16-7-3-8-17-26)27-18-9-4-10-19-27/h2-10,14-19,23-24H,11-13,20H2,1H3/b29-22+. The van der Waals surface area contributed by atoms with E-state index in [1.54, 1.807) is 0 Å². The molecule has 1 aliphatic rings. The summed E-state index contributed by atoms with van der Waals surface area (Å²) < 4.78 is 6.72. The monoisotopic (exact) mass is 424 g/mol. The van der Waals surface area contributed by atoms with Gasteiger partial charge in [0.2, 0.25) is 0 Å². The lowest BCUT2D eigenvalue weighted by Crippen LogP contribution is -2.68. The van der Waals surface area contributed by atoms with E-state index in [1.165, 1.54) is 15.6 Å². The normalized spacial score (nSPS) is 19.4. The Kier molecular flexibility index (Phi) is 6.64. The fourth-order valence-corrected chi connectivity index (χ4v) is 8.16. The van der Waals surface area contributed by atoms with Crippen LogP contribution in [-0.2, 0) is 4.53 Å². The van der Waals surface area contributed by atoms with Crippen LogP contribution in [0.3, 0.4) is 0 Å². The Bertz CT molecular complexity index is 948. The van der Waals surface area contributed by atoms with Gasteiger partial charge in [-0.3, -0.25) is 0 Å². The van der Waals surface area contributed by atoms with Gasteiger partial charge < -0.3 is 4.53 Å². The zero-order chi connectivity index (χ0) is 21.5. The molecule has 156 valence electrons. The van der Waals surface area contributed by atoms with E-state index in [4.69, 9.17) is 9.68 Å². The molecule has 3 aromatic rings. The van der Waals surface area contributed by atoms with Crippen LogP contribution in [0.25, 0.3) is 0 Å². The van der Waals surface area contributed by atoms with Crippen molar-refractivity contribution in [2.24, 2.45) is 17.0 Å². The number of oxime groups is 1. The van der Waals surface area contributed by atoms with Crippen LogP contribution in [0.1, 0.15) is 32.6 Å². The molecule has 0 spiro atoms. The van der Waals surface area contributed by atoms with Gasteiger partial charge >= 0.3 is 8.32 Å². The molecular weight excluding hydrogens is 396 g/mol. The Morgan fingerprint density at radius 1 is 0.839 bits per heavy atom. The van der Waals surface area contributed by atoms with Crippen LogP contribution in [0.15, 0.2) is 96.2 Å². The highest BCUT2D eigenvalue weighted by molar-refractivity contribution is 7.07. The molecular formula is C27H28N2OSi. The fraction of sp³-hybridized carbons (Fsp3) is 0.259. The van der Waals surface area contributed by atoms with Gasteiger partial charge in [0.15, 0.2) is 0 Å². The van der Waals surface area contributed by atoms with Gasteiger partial charge in [0.1, 0.15) is 0 Å². The van der Waals surface area contributed by atoms with Crippen molar-refractivity contribution >= 4 is 29.6 Å². The highest BCUT2D eigenvalue weighted by Crippen LogP contribution is 2.29. The number of hydrogen-bond donors (Lipinski definition) is 0. The number of nitrogens with zero attached hydrogens (tertiary/aromatic N) is 2. The molecule has 0 saturated heterocycles. The second-order valence-electron chi connectivity index (χ2n) is 8.29. The lowest BCUT2D eigenvalue weighted by molar-refractivity contribution is 0.327. The first-order valence-electron chi connectivity index (χ1n) is 11.0. The first-order valence-corrected chi connectivity index (χ1v) is 12.9. The van der Waals surface area contributed by atoms with Gasteiger partial charge in [0.25, 0.3) is 0 Å².